The van der Waals surface area contributed by atoms with Crippen LogP contribution in [0.5, 0.6) is 0 Å². The van der Waals surface area contributed by atoms with Crippen molar-refractivity contribution in [1.29, 1.82) is 0 Å². The van der Waals surface area contributed by atoms with Crippen LogP contribution >= 0.6 is 0 Å². The van der Waals surface area contributed by atoms with Gasteiger partial charge in [0.15, 0.2) is 9.84 Å². The third-order valence-corrected chi connectivity index (χ3v) is 5.42. The number of carboxylic acid groups (broad SMARTS) is 1. The SMILES string of the molecule is CCc1ccc(S(C)(=O)=O)cc1C(=O)NC1(CC(=O)O)CCC1. The van der Waals surface area contributed by atoms with Crippen molar-refractivity contribution in [3.8, 4) is 0 Å². The number of carbonyl (C=O) groups excluding carboxylic acids is 1. The lowest BCUT2D eigenvalue weighted by molar-refractivity contribution is -0.139. The van der Waals surface area contributed by atoms with Crippen LogP contribution in [0, 0.1) is 0 Å². The summed E-state index contributed by atoms with van der Waals surface area (Å²) in [5, 5.41) is 11.8. The number of hydrogen-bond donors (Lipinski definition) is 2. The molecule has 0 spiro atoms. The van der Waals surface area contributed by atoms with E-state index in [0.29, 0.717) is 24.8 Å². The second kappa shape index (κ2) is 6.31. The van der Waals surface area contributed by atoms with E-state index in [4.69, 9.17) is 5.11 Å². The second-order valence-electron chi connectivity index (χ2n) is 6.10. The van der Waals surface area contributed by atoms with E-state index in [1.807, 2.05) is 6.92 Å². The molecule has 0 unspecified atom stereocenters. The number of carboxylic acids is 1. The van der Waals surface area contributed by atoms with E-state index >= 15 is 0 Å². The molecule has 0 saturated heterocycles. The number of hydrogen-bond acceptors (Lipinski definition) is 4. The summed E-state index contributed by atoms with van der Waals surface area (Å²) in [6.07, 6.45) is 3.67. The molecule has 2 rings (SSSR count). The summed E-state index contributed by atoms with van der Waals surface area (Å²) in [6.45, 7) is 1.88. The van der Waals surface area contributed by atoms with Gasteiger partial charge in [0.1, 0.15) is 0 Å². The van der Waals surface area contributed by atoms with Gasteiger partial charge in [-0.2, -0.15) is 0 Å². The number of aryl methyl sites for hydroxylation is 1. The Morgan fingerprint density at radius 3 is 2.39 bits per heavy atom. The summed E-state index contributed by atoms with van der Waals surface area (Å²) in [5.74, 6) is -1.36. The van der Waals surface area contributed by atoms with Crippen LogP contribution in [0.25, 0.3) is 0 Å². The normalized spacial score (nSPS) is 16.4. The highest BCUT2D eigenvalue weighted by molar-refractivity contribution is 7.90. The lowest BCUT2D eigenvalue weighted by Gasteiger charge is -2.41. The first kappa shape index (κ1) is 17.5. The van der Waals surface area contributed by atoms with E-state index in [0.717, 1.165) is 18.2 Å². The number of benzene rings is 1. The average molecular weight is 339 g/mol. The van der Waals surface area contributed by atoms with E-state index in [9.17, 15) is 18.0 Å². The molecule has 126 valence electrons. The maximum absolute atomic E-state index is 12.6. The minimum Gasteiger partial charge on any atom is -0.481 e. The van der Waals surface area contributed by atoms with Crippen molar-refractivity contribution in [2.45, 2.75) is 49.5 Å². The Labute approximate surface area is 135 Å². The van der Waals surface area contributed by atoms with E-state index in [1.165, 1.54) is 12.1 Å². The van der Waals surface area contributed by atoms with E-state index in [1.54, 1.807) is 6.07 Å². The molecule has 1 aromatic carbocycles. The van der Waals surface area contributed by atoms with Crippen LogP contribution in [0.1, 0.15) is 48.5 Å². The Kier molecular flexibility index (Phi) is 4.79. The zero-order chi connectivity index (χ0) is 17.3. The Bertz CT molecular complexity index is 735. The molecule has 1 amide bonds. The van der Waals surface area contributed by atoms with Gasteiger partial charge in [-0.05, 0) is 43.4 Å². The molecular formula is C16H21NO5S. The van der Waals surface area contributed by atoms with Crippen LogP contribution in [0.3, 0.4) is 0 Å². The van der Waals surface area contributed by atoms with Crippen molar-refractivity contribution >= 4 is 21.7 Å². The number of sulfone groups is 1. The van der Waals surface area contributed by atoms with Crippen LogP contribution in [0.4, 0.5) is 0 Å². The number of aliphatic carboxylic acids is 1. The highest BCUT2D eigenvalue weighted by atomic mass is 32.2. The molecule has 0 aliphatic heterocycles. The van der Waals surface area contributed by atoms with Crippen molar-refractivity contribution in [2.75, 3.05) is 6.26 Å². The molecule has 1 aromatic rings. The Hall–Kier alpha value is -1.89. The Morgan fingerprint density at radius 1 is 1.30 bits per heavy atom. The largest absolute Gasteiger partial charge is 0.481 e. The van der Waals surface area contributed by atoms with Gasteiger partial charge in [0.2, 0.25) is 0 Å². The van der Waals surface area contributed by atoms with Gasteiger partial charge in [-0.3, -0.25) is 9.59 Å². The maximum atomic E-state index is 12.6. The van der Waals surface area contributed by atoms with Gasteiger partial charge >= 0.3 is 5.97 Å². The lowest BCUT2D eigenvalue weighted by atomic mass is 9.74. The molecule has 0 atom stereocenters. The summed E-state index contributed by atoms with van der Waals surface area (Å²) in [5.41, 5.74) is 0.321. The molecule has 23 heavy (non-hydrogen) atoms. The van der Waals surface area contributed by atoms with Crippen molar-refractivity contribution in [1.82, 2.24) is 5.32 Å². The van der Waals surface area contributed by atoms with E-state index in [-0.39, 0.29) is 11.3 Å². The molecule has 1 fully saturated rings. The van der Waals surface area contributed by atoms with Crippen molar-refractivity contribution in [2.24, 2.45) is 0 Å². The molecule has 0 heterocycles. The molecule has 0 aromatic heterocycles. The summed E-state index contributed by atoms with van der Waals surface area (Å²) >= 11 is 0. The number of rotatable bonds is 6. The predicted molar refractivity (Wildman–Crippen MR) is 85.2 cm³/mol. The van der Waals surface area contributed by atoms with Crippen molar-refractivity contribution < 1.29 is 23.1 Å². The Balaban J connectivity index is 2.32. The summed E-state index contributed by atoms with van der Waals surface area (Å²) in [6, 6.07) is 4.49. The molecule has 1 saturated carbocycles. The van der Waals surface area contributed by atoms with Crippen molar-refractivity contribution in [3.63, 3.8) is 0 Å². The minimum atomic E-state index is -3.41. The van der Waals surface area contributed by atoms with E-state index in [2.05, 4.69) is 5.32 Å². The van der Waals surface area contributed by atoms with Crippen LogP contribution < -0.4 is 5.32 Å². The molecule has 1 aliphatic rings. The van der Waals surface area contributed by atoms with Gasteiger partial charge in [0.05, 0.1) is 16.9 Å². The van der Waals surface area contributed by atoms with Crippen LogP contribution in [-0.4, -0.2) is 37.2 Å². The standard InChI is InChI=1S/C16H21NO5S/c1-3-11-5-6-12(23(2,21)22)9-13(11)15(20)17-16(7-4-8-16)10-14(18)19/h5-6,9H,3-4,7-8,10H2,1-2H3,(H,17,20)(H,18,19). The van der Waals surface area contributed by atoms with Gasteiger partial charge in [-0.15, -0.1) is 0 Å². The van der Waals surface area contributed by atoms with Crippen molar-refractivity contribution in [3.05, 3.63) is 29.3 Å². The quantitative estimate of drug-likeness (QED) is 0.823. The van der Waals surface area contributed by atoms with Gasteiger partial charge in [-0.1, -0.05) is 13.0 Å². The zero-order valence-electron chi connectivity index (χ0n) is 13.3. The number of carbonyl (C=O) groups is 2. The third-order valence-electron chi connectivity index (χ3n) is 4.31. The van der Waals surface area contributed by atoms with Gasteiger partial charge in [-0.25, -0.2) is 8.42 Å². The molecule has 2 N–H and O–H groups in total. The molecular weight excluding hydrogens is 318 g/mol. The molecule has 6 nitrogen and oxygen atoms in total. The predicted octanol–water partition coefficient (Wildman–Crippen LogP) is 1.78. The van der Waals surface area contributed by atoms with E-state index < -0.39 is 27.3 Å². The Morgan fingerprint density at radius 2 is 1.96 bits per heavy atom. The molecule has 7 heteroatoms. The second-order valence-corrected chi connectivity index (χ2v) is 8.12. The first-order valence-electron chi connectivity index (χ1n) is 7.54. The highest BCUT2D eigenvalue weighted by Crippen LogP contribution is 2.35. The number of amides is 1. The third kappa shape index (κ3) is 3.90. The van der Waals surface area contributed by atoms with Crippen LogP contribution in [-0.2, 0) is 21.1 Å². The minimum absolute atomic E-state index is 0.0840. The molecule has 1 aliphatic carbocycles. The maximum Gasteiger partial charge on any atom is 0.305 e. The first-order valence-corrected chi connectivity index (χ1v) is 9.43. The smallest absolute Gasteiger partial charge is 0.305 e. The van der Waals surface area contributed by atoms with Gasteiger partial charge < -0.3 is 10.4 Å². The monoisotopic (exact) mass is 339 g/mol. The summed E-state index contributed by atoms with van der Waals surface area (Å²) in [4.78, 5) is 23.7. The fraction of sp³-hybridized carbons (Fsp3) is 0.500. The summed E-state index contributed by atoms with van der Waals surface area (Å²) < 4.78 is 23.4. The summed E-state index contributed by atoms with van der Waals surface area (Å²) in [7, 11) is -3.41. The molecule has 0 bridgehead atoms. The average Bonchev–Trinajstić information content (AvgIpc) is 2.42. The fourth-order valence-electron chi connectivity index (χ4n) is 2.85. The lowest BCUT2D eigenvalue weighted by Crippen LogP contribution is -2.54. The van der Waals surface area contributed by atoms with Crippen LogP contribution in [0.15, 0.2) is 23.1 Å². The fourth-order valence-corrected chi connectivity index (χ4v) is 3.50. The molecule has 0 radical (unpaired) electrons. The zero-order valence-corrected chi connectivity index (χ0v) is 14.1. The van der Waals surface area contributed by atoms with Gasteiger partial charge in [0, 0.05) is 11.8 Å². The topological polar surface area (TPSA) is 101 Å². The first-order chi connectivity index (χ1) is 10.7. The highest BCUT2D eigenvalue weighted by Gasteiger charge is 2.40. The van der Waals surface area contributed by atoms with Gasteiger partial charge in [0.25, 0.3) is 5.91 Å². The number of nitrogens with one attached hydrogen (secondary N) is 1. The van der Waals surface area contributed by atoms with Crippen LogP contribution in [0.2, 0.25) is 0 Å².